The van der Waals surface area contributed by atoms with E-state index in [-0.39, 0.29) is 37.3 Å². The van der Waals surface area contributed by atoms with Crippen molar-refractivity contribution in [1.82, 2.24) is 0 Å². The number of alkyl halides is 1. The smallest absolute Gasteiger partial charge is 0.201 e. The fourth-order valence-corrected chi connectivity index (χ4v) is 5.55. The van der Waals surface area contributed by atoms with Crippen molar-refractivity contribution in [3.63, 3.8) is 0 Å². The van der Waals surface area contributed by atoms with Gasteiger partial charge in [0.25, 0.3) is 0 Å². The number of allylic oxidation sites excluding steroid dienone is 2. The van der Waals surface area contributed by atoms with Gasteiger partial charge in [0.15, 0.2) is 23.5 Å². The van der Waals surface area contributed by atoms with Crippen molar-refractivity contribution < 1.29 is 32.1 Å². The van der Waals surface area contributed by atoms with E-state index in [2.05, 4.69) is 6.08 Å². The normalized spacial score (nSPS) is 31.7. The van der Waals surface area contributed by atoms with Crippen LogP contribution in [0.25, 0.3) is 5.57 Å². The Bertz CT molecular complexity index is 858. The monoisotopic (exact) mass is 496 g/mol. The van der Waals surface area contributed by atoms with Gasteiger partial charge in [-0.2, -0.15) is 4.39 Å². The van der Waals surface area contributed by atoms with Gasteiger partial charge in [0.1, 0.15) is 0 Å². The minimum Gasteiger partial charge on any atom is -0.491 e. The van der Waals surface area contributed by atoms with E-state index in [0.717, 1.165) is 56.9 Å². The van der Waals surface area contributed by atoms with Crippen molar-refractivity contribution in [2.75, 3.05) is 26.4 Å². The molecule has 0 amide bonds. The quantitative estimate of drug-likeness (QED) is 0.369. The van der Waals surface area contributed by atoms with Crippen molar-refractivity contribution in [2.45, 2.75) is 89.7 Å². The van der Waals surface area contributed by atoms with Crippen LogP contribution in [-0.4, -0.2) is 44.5 Å². The molecule has 7 heteroatoms. The van der Waals surface area contributed by atoms with E-state index < -0.39 is 17.3 Å². The molecule has 3 atom stereocenters. The Hall–Kier alpha value is -1.57. The Morgan fingerprint density at radius 2 is 1.80 bits per heavy atom. The molecule has 1 aromatic carbocycles. The highest BCUT2D eigenvalue weighted by Crippen LogP contribution is 2.37. The van der Waals surface area contributed by atoms with Crippen LogP contribution in [0.15, 0.2) is 18.2 Å². The summed E-state index contributed by atoms with van der Waals surface area (Å²) in [5.74, 6) is -1.08. The molecule has 3 unspecified atom stereocenters. The van der Waals surface area contributed by atoms with Crippen molar-refractivity contribution in [3.8, 4) is 5.75 Å². The SMILES string of the molecule is CCCC1(F)COC(C2CCC(CCC3CC=C(c4ccc(OCC)c(F)c4F)CC3)OC2)OC1. The predicted octanol–water partition coefficient (Wildman–Crippen LogP) is 7.00. The molecule has 2 saturated heterocycles. The van der Waals surface area contributed by atoms with Gasteiger partial charge in [-0.05, 0) is 81.9 Å². The molecule has 0 spiro atoms. The van der Waals surface area contributed by atoms with Gasteiger partial charge in [-0.3, -0.25) is 0 Å². The van der Waals surface area contributed by atoms with E-state index in [0.29, 0.717) is 31.1 Å². The Labute approximate surface area is 207 Å². The van der Waals surface area contributed by atoms with Crippen LogP contribution < -0.4 is 4.74 Å². The molecule has 0 aromatic heterocycles. The summed E-state index contributed by atoms with van der Waals surface area (Å²) in [4.78, 5) is 0. The van der Waals surface area contributed by atoms with Crippen LogP contribution in [0.5, 0.6) is 5.75 Å². The van der Waals surface area contributed by atoms with Crippen molar-refractivity contribution in [3.05, 3.63) is 35.4 Å². The maximum atomic E-state index is 14.5. The van der Waals surface area contributed by atoms with Crippen molar-refractivity contribution >= 4 is 5.57 Å². The van der Waals surface area contributed by atoms with Gasteiger partial charge in [0, 0.05) is 11.5 Å². The number of hydrogen-bond donors (Lipinski definition) is 0. The number of rotatable bonds is 9. The standard InChI is InChI=1S/C28H39F3O4/c1-3-15-28(31)17-34-27(35-18-28)21-10-12-22(33-16-21)11-7-19-5-8-20(9-6-19)23-13-14-24(32-4-2)26(30)25(23)29/h8,13-14,19,21-22,27H,3-7,9-12,15-18H2,1-2H3. The molecule has 1 aromatic rings. The first kappa shape index (κ1) is 26.5. The van der Waals surface area contributed by atoms with Crippen LogP contribution in [0.1, 0.15) is 77.2 Å². The third-order valence-corrected chi connectivity index (χ3v) is 7.61. The lowest BCUT2D eigenvalue weighted by Gasteiger charge is -2.40. The summed E-state index contributed by atoms with van der Waals surface area (Å²) in [6, 6.07) is 3.14. The summed E-state index contributed by atoms with van der Waals surface area (Å²) >= 11 is 0. The van der Waals surface area contributed by atoms with E-state index in [1.54, 1.807) is 13.0 Å². The molecule has 4 rings (SSSR count). The van der Waals surface area contributed by atoms with E-state index >= 15 is 0 Å². The van der Waals surface area contributed by atoms with E-state index in [1.807, 2.05) is 6.92 Å². The molecule has 2 heterocycles. The van der Waals surface area contributed by atoms with Gasteiger partial charge in [0.2, 0.25) is 5.82 Å². The van der Waals surface area contributed by atoms with E-state index in [4.69, 9.17) is 18.9 Å². The molecular weight excluding hydrogens is 457 g/mol. The van der Waals surface area contributed by atoms with Crippen molar-refractivity contribution in [2.24, 2.45) is 11.8 Å². The average Bonchev–Trinajstić information content (AvgIpc) is 2.87. The first-order valence-corrected chi connectivity index (χ1v) is 13.3. The first-order valence-electron chi connectivity index (χ1n) is 13.3. The number of ether oxygens (including phenoxy) is 4. The minimum absolute atomic E-state index is 0.0358. The molecular formula is C28H39F3O4. The second-order valence-electron chi connectivity index (χ2n) is 10.3. The van der Waals surface area contributed by atoms with Crippen molar-refractivity contribution in [1.29, 1.82) is 0 Å². The fourth-order valence-electron chi connectivity index (χ4n) is 5.55. The Kier molecular flexibility index (Phi) is 9.17. The third-order valence-electron chi connectivity index (χ3n) is 7.61. The number of hydrogen-bond acceptors (Lipinski definition) is 4. The molecule has 0 bridgehead atoms. The van der Waals surface area contributed by atoms with Gasteiger partial charge in [0.05, 0.1) is 32.5 Å². The largest absolute Gasteiger partial charge is 0.491 e. The highest BCUT2D eigenvalue weighted by atomic mass is 19.2. The molecule has 3 aliphatic rings. The second kappa shape index (κ2) is 12.1. The Balaban J connectivity index is 1.19. The fraction of sp³-hybridized carbons (Fsp3) is 0.714. The molecule has 0 saturated carbocycles. The highest BCUT2D eigenvalue weighted by molar-refractivity contribution is 5.67. The van der Waals surface area contributed by atoms with Gasteiger partial charge in [-0.15, -0.1) is 0 Å². The van der Waals surface area contributed by atoms with Crippen LogP contribution >= 0.6 is 0 Å². The molecule has 1 aliphatic carbocycles. The topological polar surface area (TPSA) is 36.9 Å². The maximum Gasteiger partial charge on any atom is 0.201 e. The predicted molar refractivity (Wildman–Crippen MR) is 129 cm³/mol. The van der Waals surface area contributed by atoms with Crippen LogP contribution in [0, 0.1) is 23.5 Å². The summed E-state index contributed by atoms with van der Waals surface area (Å²) in [6.07, 6.45) is 9.67. The summed E-state index contributed by atoms with van der Waals surface area (Å²) in [7, 11) is 0. The Morgan fingerprint density at radius 3 is 2.43 bits per heavy atom. The van der Waals surface area contributed by atoms with Gasteiger partial charge in [-0.1, -0.05) is 19.4 Å². The van der Waals surface area contributed by atoms with E-state index in [1.165, 1.54) is 6.07 Å². The number of benzene rings is 1. The summed E-state index contributed by atoms with van der Waals surface area (Å²) in [5, 5.41) is 0. The molecule has 196 valence electrons. The molecule has 35 heavy (non-hydrogen) atoms. The van der Waals surface area contributed by atoms with Gasteiger partial charge < -0.3 is 18.9 Å². The molecule has 0 N–H and O–H groups in total. The van der Waals surface area contributed by atoms with Crippen LogP contribution in [0.4, 0.5) is 13.2 Å². The Morgan fingerprint density at radius 1 is 1.00 bits per heavy atom. The lowest BCUT2D eigenvalue weighted by atomic mass is 9.83. The molecule has 2 aliphatic heterocycles. The van der Waals surface area contributed by atoms with Crippen LogP contribution in [0.3, 0.4) is 0 Å². The molecule has 4 nitrogen and oxygen atoms in total. The molecule has 0 radical (unpaired) electrons. The van der Waals surface area contributed by atoms with Crippen LogP contribution in [0.2, 0.25) is 0 Å². The highest BCUT2D eigenvalue weighted by Gasteiger charge is 2.40. The molecule has 2 fully saturated rings. The van der Waals surface area contributed by atoms with E-state index in [9.17, 15) is 13.2 Å². The zero-order chi connectivity index (χ0) is 24.8. The lowest BCUT2D eigenvalue weighted by Crippen LogP contribution is -2.48. The number of halogens is 3. The summed E-state index contributed by atoms with van der Waals surface area (Å²) in [5.41, 5.74) is -0.135. The van der Waals surface area contributed by atoms with Gasteiger partial charge in [-0.25, -0.2) is 8.78 Å². The average molecular weight is 497 g/mol. The van der Waals surface area contributed by atoms with Crippen LogP contribution in [-0.2, 0) is 14.2 Å². The zero-order valence-corrected chi connectivity index (χ0v) is 21.0. The maximum absolute atomic E-state index is 14.5. The summed E-state index contributed by atoms with van der Waals surface area (Å²) < 4.78 is 66.0. The first-order chi connectivity index (χ1) is 16.9. The zero-order valence-electron chi connectivity index (χ0n) is 21.0. The minimum atomic E-state index is -1.36. The summed E-state index contributed by atoms with van der Waals surface area (Å²) in [6.45, 7) is 4.81. The second-order valence-corrected chi connectivity index (χ2v) is 10.3. The lowest BCUT2D eigenvalue weighted by molar-refractivity contribution is -0.266. The third kappa shape index (κ3) is 6.60. The van der Waals surface area contributed by atoms with Gasteiger partial charge >= 0.3 is 0 Å².